The van der Waals surface area contributed by atoms with E-state index in [4.69, 9.17) is 20.7 Å². The Hall–Kier alpha value is -3.96. The molecule has 0 saturated heterocycles. The average Bonchev–Trinajstić information content (AvgIpc) is 3.19. The van der Waals surface area contributed by atoms with Gasteiger partial charge in [-0.15, -0.1) is 0 Å². The third kappa shape index (κ3) is 6.78. The number of para-hydroxylation sites is 1. The number of carboxylic acid groups (broad SMARTS) is 2. The van der Waals surface area contributed by atoms with Gasteiger partial charge in [-0.2, -0.15) is 0 Å². The van der Waals surface area contributed by atoms with Crippen molar-refractivity contribution in [2.75, 3.05) is 5.73 Å². The summed E-state index contributed by atoms with van der Waals surface area (Å²) in [6, 6.07) is 11.3. The van der Waals surface area contributed by atoms with Crippen molar-refractivity contribution >= 4 is 34.6 Å². The number of nitrogens with two attached hydrogens (primary N) is 1. The second kappa shape index (κ2) is 11.0. The van der Waals surface area contributed by atoms with Crippen LogP contribution in [0.2, 0.25) is 0 Å². The Balaban J connectivity index is 1.60. The molecule has 2 aromatic heterocycles. The highest BCUT2D eigenvalue weighted by molar-refractivity contribution is 5.88. The lowest BCUT2D eigenvalue weighted by atomic mass is 9.96. The number of aliphatic carboxylic acids is 2. The minimum atomic E-state index is -2.76. The first-order valence-electron chi connectivity index (χ1n) is 10.9. The molecular weight excluding hydrogens is 456 g/mol. The zero-order chi connectivity index (χ0) is 25.6. The molecule has 1 unspecified atom stereocenters. The van der Waals surface area contributed by atoms with Crippen molar-refractivity contribution in [1.29, 1.82) is 0 Å². The number of carbonyl (C=O) groups excluding carboxylic acids is 1. The molecular formula is C24H28N4O7. The number of anilines is 1. The molecule has 0 radical (unpaired) electrons. The first-order valence-corrected chi connectivity index (χ1v) is 10.9. The Morgan fingerprint density at radius 2 is 1.89 bits per heavy atom. The number of carbonyl (C=O) groups is 3. The largest absolute Gasteiger partial charge is 0.481 e. The number of rotatable bonds is 12. The predicted octanol–water partition coefficient (Wildman–Crippen LogP) is 1.59. The molecule has 1 aromatic carbocycles. The normalized spacial score (nSPS) is 13.8. The molecule has 11 nitrogen and oxygen atoms in total. The van der Waals surface area contributed by atoms with Crippen molar-refractivity contribution in [2.45, 2.75) is 51.0 Å². The van der Waals surface area contributed by atoms with Gasteiger partial charge in [0.1, 0.15) is 12.4 Å². The summed E-state index contributed by atoms with van der Waals surface area (Å²) >= 11 is 0. The molecule has 3 rings (SSSR count). The quantitative estimate of drug-likeness (QED) is 0.206. The Bertz CT molecular complexity index is 1230. The van der Waals surface area contributed by atoms with E-state index >= 15 is 0 Å². The fraction of sp³-hybridized carbons (Fsp3) is 0.333. The third-order valence-corrected chi connectivity index (χ3v) is 5.58. The first-order chi connectivity index (χ1) is 16.6. The van der Waals surface area contributed by atoms with Crippen molar-refractivity contribution in [1.82, 2.24) is 15.3 Å². The van der Waals surface area contributed by atoms with Gasteiger partial charge in [0.15, 0.2) is 5.60 Å². The van der Waals surface area contributed by atoms with Crippen LogP contribution in [0.1, 0.15) is 36.6 Å². The monoisotopic (exact) mass is 484 g/mol. The van der Waals surface area contributed by atoms with Crippen LogP contribution in [0.3, 0.4) is 0 Å². The molecule has 11 heteroatoms. The number of ether oxygens (including phenoxy) is 1. The molecule has 7 N–H and O–H groups in total. The van der Waals surface area contributed by atoms with Crippen LogP contribution in [-0.2, 0) is 38.7 Å². The molecule has 3 aromatic rings. The number of nitrogens with zero attached hydrogens (tertiary/aromatic N) is 1. The minimum Gasteiger partial charge on any atom is -0.481 e. The van der Waals surface area contributed by atoms with Crippen LogP contribution < -0.4 is 11.1 Å². The van der Waals surface area contributed by atoms with Gasteiger partial charge in [0, 0.05) is 35.2 Å². The Morgan fingerprint density at radius 1 is 1.14 bits per heavy atom. The van der Waals surface area contributed by atoms with Gasteiger partial charge in [-0.1, -0.05) is 24.3 Å². The van der Waals surface area contributed by atoms with Crippen LogP contribution in [0.5, 0.6) is 0 Å². The summed E-state index contributed by atoms with van der Waals surface area (Å²) in [5.74, 6) is -4.15. The summed E-state index contributed by atoms with van der Waals surface area (Å²) < 4.78 is 5.11. The van der Waals surface area contributed by atoms with Gasteiger partial charge in [-0.25, -0.2) is 9.78 Å². The first kappa shape index (κ1) is 25.7. The van der Waals surface area contributed by atoms with Gasteiger partial charge >= 0.3 is 17.9 Å². The number of esters is 1. The van der Waals surface area contributed by atoms with Crippen LogP contribution in [0.25, 0.3) is 10.9 Å². The Kier molecular flexibility index (Phi) is 8.05. The van der Waals surface area contributed by atoms with Gasteiger partial charge in [-0.3, -0.25) is 9.59 Å². The summed E-state index contributed by atoms with van der Waals surface area (Å²) in [6.45, 7) is 2.12. The summed E-state index contributed by atoms with van der Waals surface area (Å²) in [7, 11) is 0. The average molecular weight is 485 g/mol. The van der Waals surface area contributed by atoms with Crippen molar-refractivity contribution in [2.24, 2.45) is 0 Å². The number of fused-ring (bicyclic) bond motifs is 1. The highest BCUT2D eigenvalue weighted by Crippen LogP contribution is 2.20. The maximum atomic E-state index is 12.1. The second-order valence-electron chi connectivity index (χ2n) is 8.43. The molecule has 0 aliphatic heterocycles. The number of aromatic nitrogens is 2. The molecule has 0 amide bonds. The number of hydrogen-bond donors (Lipinski definition) is 6. The molecule has 2 atom stereocenters. The lowest BCUT2D eigenvalue weighted by molar-refractivity contribution is -0.172. The Morgan fingerprint density at radius 3 is 2.60 bits per heavy atom. The van der Waals surface area contributed by atoms with Crippen molar-refractivity contribution < 1.29 is 34.4 Å². The van der Waals surface area contributed by atoms with Gasteiger partial charge in [0.25, 0.3) is 0 Å². The number of carboxylic acids is 2. The fourth-order valence-electron chi connectivity index (χ4n) is 3.72. The second-order valence-corrected chi connectivity index (χ2v) is 8.43. The molecule has 0 fully saturated rings. The number of pyridine rings is 1. The number of benzene rings is 1. The number of aromatic amines is 1. The van der Waals surface area contributed by atoms with Gasteiger partial charge in [0.2, 0.25) is 0 Å². The van der Waals surface area contributed by atoms with E-state index in [-0.39, 0.29) is 18.5 Å². The lowest BCUT2D eigenvalue weighted by Gasteiger charge is -2.20. The SMILES string of the molecule is C[C@H](Cc1c[nH]c2ccccc12)NCc1nc(N)ccc1COC(=O)CC(O)(CC(=O)O)C(=O)O. The standard InChI is InChI=1S/C24H28N4O7/c1-14(8-16-11-27-18-5-3-2-4-17(16)18)26-12-19-15(6-7-20(25)28-19)13-35-22(31)10-24(34,23(32)33)9-21(29)30/h2-7,11,14,26-27,34H,8-10,12-13H2,1H3,(H2,25,28)(H,29,30)(H,32,33)/t14-,24?/m1/s1. The maximum Gasteiger partial charge on any atom is 0.336 e. The van der Waals surface area contributed by atoms with Crippen molar-refractivity contribution in [3.63, 3.8) is 0 Å². The lowest BCUT2D eigenvalue weighted by Crippen LogP contribution is -2.43. The zero-order valence-electron chi connectivity index (χ0n) is 19.2. The number of nitrogens with one attached hydrogen (secondary N) is 2. The van der Waals surface area contributed by atoms with Crippen LogP contribution in [-0.4, -0.2) is 54.8 Å². The maximum absolute atomic E-state index is 12.1. The molecule has 186 valence electrons. The van der Waals surface area contributed by atoms with Gasteiger partial charge in [0.05, 0.1) is 18.5 Å². The van der Waals surface area contributed by atoms with E-state index in [1.54, 1.807) is 12.1 Å². The van der Waals surface area contributed by atoms with Crippen LogP contribution in [0.15, 0.2) is 42.6 Å². The smallest absolute Gasteiger partial charge is 0.336 e. The summed E-state index contributed by atoms with van der Waals surface area (Å²) in [5, 5.41) is 32.5. The fourth-order valence-corrected chi connectivity index (χ4v) is 3.72. The van der Waals surface area contributed by atoms with Crippen molar-refractivity contribution in [3.8, 4) is 0 Å². The summed E-state index contributed by atoms with van der Waals surface area (Å²) in [4.78, 5) is 41.8. The highest BCUT2D eigenvalue weighted by Gasteiger charge is 2.41. The molecule has 35 heavy (non-hydrogen) atoms. The molecule has 2 heterocycles. The molecule has 0 aliphatic carbocycles. The summed E-state index contributed by atoms with van der Waals surface area (Å²) in [5.41, 5.74) is 6.38. The van der Waals surface area contributed by atoms with E-state index in [0.717, 1.165) is 17.3 Å². The molecule has 0 spiro atoms. The van der Waals surface area contributed by atoms with E-state index in [9.17, 15) is 19.5 Å². The predicted molar refractivity (Wildman–Crippen MR) is 126 cm³/mol. The van der Waals surface area contributed by atoms with E-state index in [1.165, 1.54) is 5.56 Å². The zero-order valence-corrected chi connectivity index (χ0v) is 19.2. The van der Waals surface area contributed by atoms with E-state index in [0.29, 0.717) is 17.8 Å². The van der Waals surface area contributed by atoms with Crippen molar-refractivity contribution in [3.05, 3.63) is 59.4 Å². The minimum absolute atomic E-state index is 0.0782. The number of aliphatic hydroxyl groups is 1. The number of H-pyrrole nitrogens is 1. The van der Waals surface area contributed by atoms with E-state index in [1.807, 2.05) is 31.3 Å². The van der Waals surface area contributed by atoms with Crippen LogP contribution in [0, 0.1) is 0 Å². The van der Waals surface area contributed by atoms with E-state index in [2.05, 4.69) is 21.4 Å². The third-order valence-electron chi connectivity index (χ3n) is 5.58. The molecule has 0 saturated carbocycles. The van der Waals surface area contributed by atoms with Crippen LogP contribution in [0.4, 0.5) is 5.82 Å². The number of hydrogen-bond acceptors (Lipinski definition) is 8. The summed E-state index contributed by atoms with van der Waals surface area (Å²) in [6.07, 6.45) is 0.597. The topological polar surface area (TPSA) is 188 Å². The van der Waals surface area contributed by atoms with Gasteiger partial charge in [-0.05, 0) is 31.0 Å². The van der Waals surface area contributed by atoms with Crippen LogP contribution >= 0.6 is 0 Å². The number of nitrogen functional groups attached to an aromatic ring is 1. The highest BCUT2D eigenvalue weighted by atomic mass is 16.5. The molecule has 0 aliphatic rings. The van der Waals surface area contributed by atoms with E-state index < -0.39 is 36.4 Å². The van der Waals surface area contributed by atoms with Gasteiger partial charge < -0.3 is 36.1 Å². The molecule has 0 bridgehead atoms. The Labute approximate surface area is 200 Å².